The van der Waals surface area contributed by atoms with E-state index in [0.29, 0.717) is 12.1 Å². The monoisotopic (exact) mass is 446 g/mol. The van der Waals surface area contributed by atoms with Crippen molar-refractivity contribution in [2.45, 2.75) is 37.4 Å². The molecule has 2 aromatic rings. The maximum absolute atomic E-state index is 13.2. The van der Waals surface area contributed by atoms with E-state index in [1.165, 1.54) is 6.92 Å². The number of hydrogen-bond acceptors (Lipinski definition) is 3. The van der Waals surface area contributed by atoms with Crippen molar-refractivity contribution in [3.8, 4) is 0 Å². The summed E-state index contributed by atoms with van der Waals surface area (Å²) < 4.78 is 90.3. The molecule has 168 valence electrons. The smallest absolute Gasteiger partial charge is 0.378 e. The summed E-state index contributed by atoms with van der Waals surface area (Å²) in [4.78, 5) is 11.6. The average Bonchev–Trinajstić information content (AvgIpc) is 2.72. The zero-order chi connectivity index (χ0) is 22.8. The van der Waals surface area contributed by atoms with Gasteiger partial charge in [0.2, 0.25) is 0 Å². The van der Waals surface area contributed by atoms with Gasteiger partial charge in [0, 0.05) is 11.8 Å². The lowest BCUT2D eigenvalue weighted by atomic mass is 9.81. The van der Waals surface area contributed by atoms with Gasteiger partial charge in [-0.3, -0.25) is 0 Å². The molecule has 0 aliphatic carbocycles. The van der Waals surface area contributed by atoms with Gasteiger partial charge in [0.05, 0.1) is 36.5 Å². The molecular weight excluding hydrogens is 426 g/mol. The highest BCUT2D eigenvalue weighted by atomic mass is 19.4. The summed E-state index contributed by atoms with van der Waals surface area (Å²) in [6.07, 6.45) is -11.0. The molecule has 0 spiro atoms. The molecule has 0 aromatic heterocycles. The molecular formula is C22H20F6O3. The van der Waals surface area contributed by atoms with Gasteiger partial charge in [-0.2, -0.15) is 26.3 Å². The second kappa shape index (κ2) is 9.00. The molecule has 3 nitrogen and oxygen atoms in total. The van der Waals surface area contributed by atoms with Crippen LogP contribution in [0.5, 0.6) is 0 Å². The first kappa shape index (κ1) is 23.3. The number of alkyl halides is 6. The quantitative estimate of drug-likeness (QED) is 0.430. The normalized spacial score (nSPS) is 23.4. The van der Waals surface area contributed by atoms with Crippen LogP contribution < -0.4 is 0 Å². The Bertz CT molecular complexity index is 862. The van der Waals surface area contributed by atoms with Crippen molar-refractivity contribution in [1.82, 2.24) is 0 Å². The van der Waals surface area contributed by atoms with E-state index in [9.17, 15) is 31.1 Å². The van der Waals surface area contributed by atoms with Crippen LogP contribution in [0.2, 0.25) is 0 Å². The fourth-order valence-corrected chi connectivity index (χ4v) is 3.74. The number of aldehydes is 1. The lowest BCUT2D eigenvalue weighted by Gasteiger charge is -2.37. The Hall–Kier alpha value is -2.39. The molecule has 0 saturated carbocycles. The van der Waals surface area contributed by atoms with E-state index >= 15 is 0 Å². The Morgan fingerprint density at radius 2 is 1.55 bits per heavy atom. The molecule has 1 aliphatic rings. The van der Waals surface area contributed by atoms with E-state index < -0.39 is 47.5 Å². The van der Waals surface area contributed by atoms with Gasteiger partial charge < -0.3 is 14.3 Å². The van der Waals surface area contributed by atoms with Crippen LogP contribution in [0.15, 0.2) is 48.5 Å². The van der Waals surface area contributed by atoms with Crippen LogP contribution in [0.1, 0.15) is 41.2 Å². The Balaban J connectivity index is 1.93. The van der Waals surface area contributed by atoms with Crippen molar-refractivity contribution in [1.29, 1.82) is 0 Å². The van der Waals surface area contributed by atoms with Crippen molar-refractivity contribution in [3.05, 3.63) is 70.8 Å². The number of rotatable bonds is 5. The molecule has 9 heteroatoms. The van der Waals surface area contributed by atoms with Crippen LogP contribution in [0.25, 0.3) is 0 Å². The van der Waals surface area contributed by atoms with Gasteiger partial charge in [-0.25, -0.2) is 0 Å². The first-order valence-electron chi connectivity index (χ1n) is 9.53. The first-order valence-corrected chi connectivity index (χ1v) is 9.53. The summed E-state index contributed by atoms with van der Waals surface area (Å²) in [6, 6.07) is 10.3. The molecule has 0 N–H and O–H groups in total. The number of ether oxygens (including phenoxy) is 2. The number of benzene rings is 2. The molecule has 1 heterocycles. The van der Waals surface area contributed by atoms with Crippen molar-refractivity contribution < 1.29 is 40.6 Å². The van der Waals surface area contributed by atoms with Crippen LogP contribution in [-0.2, 0) is 26.6 Å². The molecule has 1 unspecified atom stereocenters. The summed E-state index contributed by atoms with van der Waals surface area (Å²) in [6.45, 7) is 1.58. The van der Waals surface area contributed by atoms with E-state index in [4.69, 9.17) is 9.47 Å². The molecule has 31 heavy (non-hydrogen) atoms. The molecule has 2 aromatic carbocycles. The standard InChI is InChI=1S/C22H20F6O3/c1-13(15-7-17(21(23,24)25)9-18(8-15)22(26,27)28)31-19-12-30-11-16(10-29)20(19)14-5-3-2-4-6-14/h2-10,13,16,19-20H,11-12H2,1H3/t13-,16?,19+,20+/m1/s1. The SMILES string of the molecule is C[C@@H](O[C@H]1COCC(C=O)[C@@H]1c1ccccc1)c1cc(C(F)(F)F)cc(C(F)(F)F)c1. The predicted molar refractivity (Wildman–Crippen MR) is 99.3 cm³/mol. The van der Waals surface area contributed by atoms with Gasteiger partial charge in [0.25, 0.3) is 0 Å². The minimum absolute atomic E-state index is 0.0549. The fourth-order valence-electron chi connectivity index (χ4n) is 3.74. The van der Waals surface area contributed by atoms with Gasteiger partial charge in [-0.1, -0.05) is 30.3 Å². The summed E-state index contributed by atoms with van der Waals surface area (Å²) in [5, 5.41) is 0. The highest BCUT2D eigenvalue weighted by Crippen LogP contribution is 2.40. The molecule has 3 rings (SSSR count). The number of carbonyl (C=O) groups excluding carboxylic acids is 1. The maximum atomic E-state index is 13.2. The van der Waals surface area contributed by atoms with Gasteiger partial charge in [0.1, 0.15) is 6.29 Å². The third-order valence-corrected chi connectivity index (χ3v) is 5.27. The zero-order valence-corrected chi connectivity index (χ0v) is 16.4. The van der Waals surface area contributed by atoms with Crippen LogP contribution in [0.3, 0.4) is 0 Å². The molecule has 1 saturated heterocycles. The van der Waals surface area contributed by atoms with Crippen molar-refractivity contribution in [2.75, 3.05) is 13.2 Å². The summed E-state index contributed by atoms with van der Waals surface area (Å²) >= 11 is 0. The molecule has 1 fully saturated rings. The van der Waals surface area contributed by atoms with E-state index in [-0.39, 0.29) is 24.8 Å². The highest BCUT2D eigenvalue weighted by Gasteiger charge is 2.39. The van der Waals surface area contributed by atoms with Gasteiger partial charge in [-0.05, 0) is 36.2 Å². The van der Waals surface area contributed by atoms with Crippen LogP contribution >= 0.6 is 0 Å². The predicted octanol–water partition coefficient (Wildman–Crippen LogP) is 5.80. The maximum Gasteiger partial charge on any atom is 0.416 e. The number of halogens is 6. The topological polar surface area (TPSA) is 35.5 Å². The molecule has 4 atom stereocenters. The van der Waals surface area contributed by atoms with Crippen molar-refractivity contribution in [3.63, 3.8) is 0 Å². The van der Waals surface area contributed by atoms with E-state index in [2.05, 4.69) is 0 Å². The molecule has 0 amide bonds. The Morgan fingerprint density at radius 3 is 2.06 bits per heavy atom. The average molecular weight is 446 g/mol. The summed E-state index contributed by atoms with van der Waals surface area (Å²) in [5.41, 5.74) is -2.29. The Labute approximate surface area is 175 Å². The van der Waals surface area contributed by atoms with Gasteiger partial charge in [-0.15, -0.1) is 0 Å². The largest absolute Gasteiger partial charge is 0.416 e. The summed E-state index contributed by atoms with van der Waals surface area (Å²) in [5.74, 6) is -0.997. The minimum Gasteiger partial charge on any atom is -0.378 e. The second-order valence-corrected chi connectivity index (χ2v) is 7.43. The molecule has 0 radical (unpaired) electrons. The first-order chi connectivity index (χ1) is 14.5. The summed E-state index contributed by atoms with van der Waals surface area (Å²) in [7, 11) is 0. The van der Waals surface area contributed by atoms with Crippen molar-refractivity contribution >= 4 is 6.29 Å². The third-order valence-electron chi connectivity index (χ3n) is 5.27. The van der Waals surface area contributed by atoms with E-state index in [0.717, 1.165) is 11.8 Å². The lowest BCUT2D eigenvalue weighted by molar-refractivity contribution is -0.144. The van der Waals surface area contributed by atoms with Crippen molar-refractivity contribution in [2.24, 2.45) is 5.92 Å². The second-order valence-electron chi connectivity index (χ2n) is 7.43. The van der Waals surface area contributed by atoms with Crippen LogP contribution in [-0.4, -0.2) is 25.6 Å². The van der Waals surface area contributed by atoms with Gasteiger partial charge >= 0.3 is 12.4 Å². The van der Waals surface area contributed by atoms with E-state index in [1.54, 1.807) is 30.3 Å². The minimum atomic E-state index is -4.95. The lowest BCUT2D eigenvalue weighted by Crippen LogP contribution is -2.40. The Morgan fingerprint density at radius 1 is 0.968 bits per heavy atom. The number of hydrogen-bond donors (Lipinski definition) is 0. The van der Waals surface area contributed by atoms with Crippen LogP contribution in [0.4, 0.5) is 26.3 Å². The molecule has 1 aliphatic heterocycles. The van der Waals surface area contributed by atoms with Crippen LogP contribution in [0, 0.1) is 5.92 Å². The Kier molecular flexibility index (Phi) is 6.76. The third kappa shape index (κ3) is 5.46. The zero-order valence-electron chi connectivity index (χ0n) is 16.4. The van der Waals surface area contributed by atoms with Gasteiger partial charge in [0.15, 0.2) is 0 Å². The molecule has 0 bridgehead atoms. The fraction of sp³-hybridized carbons (Fsp3) is 0.409. The highest BCUT2D eigenvalue weighted by molar-refractivity contribution is 5.57. The number of carbonyl (C=O) groups is 1. The van der Waals surface area contributed by atoms with E-state index in [1.807, 2.05) is 0 Å².